The smallest absolute Gasteiger partial charge is 0.135 e. The van der Waals surface area contributed by atoms with E-state index in [0.29, 0.717) is 0 Å². The molecule has 6 aromatic carbocycles. The van der Waals surface area contributed by atoms with E-state index in [4.69, 9.17) is 4.42 Å². The van der Waals surface area contributed by atoms with E-state index in [1.165, 1.54) is 54.9 Å². The highest BCUT2D eigenvalue weighted by Gasteiger charge is 2.48. The fraction of sp³-hybridized carbons (Fsp3) is 0.105. The van der Waals surface area contributed by atoms with Crippen molar-refractivity contribution in [2.75, 3.05) is 0 Å². The van der Waals surface area contributed by atoms with Crippen molar-refractivity contribution in [3.8, 4) is 33.4 Å². The second kappa shape index (κ2) is 7.76. The van der Waals surface area contributed by atoms with Gasteiger partial charge in [-0.1, -0.05) is 111 Å². The highest BCUT2D eigenvalue weighted by molar-refractivity contribution is 7.13. The molecule has 0 fully saturated rings. The summed E-state index contributed by atoms with van der Waals surface area (Å²) in [6.07, 6.45) is 0. The summed E-state index contributed by atoms with van der Waals surface area (Å²) in [5.41, 5.74) is 10.4. The first-order valence-corrected chi connectivity index (χ1v) is 20.6. The Bertz CT molecular complexity index is 2270. The molecule has 0 atom stereocenters. The Morgan fingerprint density at radius 3 is 1.73 bits per heavy atom. The van der Waals surface area contributed by atoms with Crippen LogP contribution in [0.3, 0.4) is 0 Å². The largest absolute Gasteiger partial charge is 0.456 e. The van der Waals surface area contributed by atoms with Gasteiger partial charge in [-0.25, -0.2) is 0 Å². The fourth-order valence-corrected chi connectivity index (χ4v) is 16.6. The van der Waals surface area contributed by atoms with Gasteiger partial charge >= 0.3 is 0 Å². The average Bonchev–Trinajstić information content (AvgIpc) is 3.56. The molecule has 41 heavy (non-hydrogen) atoms. The molecule has 0 amide bonds. The summed E-state index contributed by atoms with van der Waals surface area (Å²) in [4.78, 5) is 0. The molecular formula is C38H30OSi2. The van der Waals surface area contributed by atoms with Crippen LogP contribution in [0.15, 0.2) is 114 Å². The first-order chi connectivity index (χ1) is 19.9. The minimum absolute atomic E-state index is 0.948. The highest BCUT2D eigenvalue weighted by Crippen LogP contribution is 2.43. The Labute approximate surface area is 242 Å². The minimum atomic E-state index is -1.96. The topological polar surface area (TPSA) is 13.1 Å². The standard InChI is InChI=1S/C38H30OSi2/c1-40(2)33-16-10-8-14-28(33)35-26-12-5-6-13-27(26)36-30-22-24(18-20-34(30)41(3,4)38(36)37(35)40)23-17-19-32-29(21-23)25-11-7-9-15-31(25)39-32/h5-22H,1-4H3. The van der Waals surface area contributed by atoms with Crippen LogP contribution in [0.2, 0.25) is 26.2 Å². The van der Waals surface area contributed by atoms with Gasteiger partial charge in [0.15, 0.2) is 0 Å². The van der Waals surface area contributed by atoms with Crippen molar-refractivity contribution in [2.24, 2.45) is 0 Å². The zero-order valence-corrected chi connectivity index (χ0v) is 25.8. The third-order valence-electron chi connectivity index (χ3n) is 10.0. The maximum absolute atomic E-state index is 6.14. The van der Waals surface area contributed by atoms with Crippen molar-refractivity contribution in [1.82, 2.24) is 0 Å². The minimum Gasteiger partial charge on any atom is -0.456 e. The predicted molar refractivity (Wildman–Crippen MR) is 181 cm³/mol. The summed E-state index contributed by atoms with van der Waals surface area (Å²) in [6, 6.07) is 40.8. The van der Waals surface area contributed by atoms with Crippen LogP contribution in [-0.4, -0.2) is 16.1 Å². The van der Waals surface area contributed by atoms with E-state index in [-0.39, 0.29) is 0 Å². The lowest BCUT2D eigenvalue weighted by molar-refractivity contribution is 0.669. The van der Waals surface area contributed by atoms with Crippen LogP contribution in [0.4, 0.5) is 0 Å². The van der Waals surface area contributed by atoms with Gasteiger partial charge in [0.25, 0.3) is 0 Å². The van der Waals surface area contributed by atoms with Gasteiger partial charge in [-0.3, -0.25) is 0 Å². The normalized spacial score (nSPS) is 15.7. The molecule has 2 aliphatic rings. The number of hydrogen-bond donors (Lipinski definition) is 0. The molecule has 0 spiro atoms. The van der Waals surface area contributed by atoms with E-state index in [9.17, 15) is 0 Å². The van der Waals surface area contributed by atoms with E-state index in [2.05, 4.69) is 129 Å². The lowest BCUT2D eigenvalue weighted by Crippen LogP contribution is -2.63. The monoisotopic (exact) mass is 558 g/mol. The van der Waals surface area contributed by atoms with Crippen LogP contribution in [0.5, 0.6) is 0 Å². The van der Waals surface area contributed by atoms with Crippen LogP contribution < -0.4 is 20.7 Å². The second-order valence-electron chi connectivity index (χ2n) is 12.9. The Morgan fingerprint density at radius 2 is 0.976 bits per heavy atom. The van der Waals surface area contributed by atoms with E-state index >= 15 is 0 Å². The number of rotatable bonds is 1. The summed E-state index contributed by atoms with van der Waals surface area (Å²) >= 11 is 0. The maximum atomic E-state index is 6.14. The molecule has 0 saturated heterocycles. The van der Waals surface area contributed by atoms with Crippen molar-refractivity contribution in [3.63, 3.8) is 0 Å². The van der Waals surface area contributed by atoms with Gasteiger partial charge in [0.1, 0.15) is 27.3 Å². The summed E-state index contributed by atoms with van der Waals surface area (Å²) in [5.74, 6) is 0. The number of furan rings is 1. The van der Waals surface area contributed by atoms with Gasteiger partial charge in [-0.2, -0.15) is 0 Å². The molecule has 1 nitrogen and oxygen atoms in total. The molecule has 7 aromatic rings. The van der Waals surface area contributed by atoms with Gasteiger partial charge < -0.3 is 4.42 Å². The van der Waals surface area contributed by atoms with E-state index in [1.807, 2.05) is 6.07 Å². The molecular weight excluding hydrogens is 529 g/mol. The quantitative estimate of drug-likeness (QED) is 0.186. The van der Waals surface area contributed by atoms with E-state index in [1.54, 1.807) is 20.7 Å². The van der Waals surface area contributed by atoms with Crippen LogP contribution in [-0.2, 0) is 0 Å². The molecule has 3 heterocycles. The third kappa shape index (κ3) is 2.90. The number of para-hydroxylation sites is 1. The average molecular weight is 559 g/mol. The lowest BCUT2D eigenvalue weighted by atomic mass is 9.91. The lowest BCUT2D eigenvalue weighted by Gasteiger charge is -2.29. The summed E-state index contributed by atoms with van der Waals surface area (Å²) in [7, 11) is -3.84. The van der Waals surface area contributed by atoms with Gasteiger partial charge in [0.05, 0.1) is 0 Å². The molecule has 196 valence electrons. The van der Waals surface area contributed by atoms with Crippen molar-refractivity contribution < 1.29 is 4.42 Å². The predicted octanol–water partition coefficient (Wildman–Crippen LogP) is 8.01. The first kappa shape index (κ1) is 23.5. The summed E-state index contributed by atoms with van der Waals surface area (Å²) in [5, 5.41) is 11.8. The van der Waals surface area contributed by atoms with Crippen molar-refractivity contribution in [3.05, 3.63) is 109 Å². The number of hydrogen-bond acceptors (Lipinski definition) is 1. The van der Waals surface area contributed by atoms with Gasteiger partial charge in [-0.05, 0) is 89.2 Å². The molecule has 0 N–H and O–H groups in total. The fourth-order valence-electron chi connectivity index (χ4n) is 8.14. The van der Waals surface area contributed by atoms with Crippen LogP contribution in [0.25, 0.3) is 66.1 Å². The molecule has 0 unspecified atom stereocenters. The molecule has 0 saturated carbocycles. The van der Waals surface area contributed by atoms with Gasteiger partial charge in [0.2, 0.25) is 0 Å². The second-order valence-corrected chi connectivity index (χ2v) is 21.5. The van der Waals surface area contributed by atoms with E-state index < -0.39 is 16.1 Å². The third-order valence-corrected chi connectivity index (χ3v) is 17.3. The van der Waals surface area contributed by atoms with Crippen molar-refractivity contribution >= 4 is 69.6 Å². The Balaban J connectivity index is 1.35. The molecule has 9 rings (SSSR count). The molecule has 2 aliphatic heterocycles. The molecule has 0 bridgehead atoms. The van der Waals surface area contributed by atoms with Crippen molar-refractivity contribution in [1.29, 1.82) is 0 Å². The van der Waals surface area contributed by atoms with Crippen LogP contribution in [0.1, 0.15) is 0 Å². The zero-order valence-electron chi connectivity index (χ0n) is 23.8. The summed E-state index contributed by atoms with van der Waals surface area (Å²) < 4.78 is 6.14. The highest BCUT2D eigenvalue weighted by atomic mass is 28.3. The Hall–Kier alpha value is -4.19. The van der Waals surface area contributed by atoms with Gasteiger partial charge in [0, 0.05) is 10.8 Å². The molecule has 0 radical (unpaired) electrons. The summed E-state index contributed by atoms with van der Waals surface area (Å²) in [6.45, 7) is 10.3. The van der Waals surface area contributed by atoms with Gasteiger partial charge in [-0.15, -0.1) is 0 Å². The van der Waals surface area contributed by atoms with Crippen LogP contribution >= 0.6 is 0 Å². The van der Waals surface area contributed by atoms with E-state index in [0.717, 1.165) is 11.2 Å². The maximum Gasteiger partial charge on any atom is 0.135 e. The SMILES string of the molecule is C[Si]1(C)c2ccccc2-c2c1c1c(c3ccccc23)-c2cc(-c3ccc4oc5ccccc5c4c3)ccc2[Si]1(C)C. The zero-order chi connectivity index (χ0) is 27.7. The van der Waals surface area contributed by atoms with Crippen molar-refractivity contribution in [2.45, 2.75) is 26.2 Å². The number of fused-ring (bicyclic) bond motifs is 13. The molecule has 3 heteroatoms. The molecule has 1 aromatic heterocycles. The number of benzene rings is 6. The Morgan fingerprint density at radius 1 is 0.439 bits per heavy atom. The van der Waals surface area contributed by atoms with Crippen LogP contribution in [0, 0.1) is 0 Å². The molecule has 0 aliphatic carbocycles. The Kier molecular flexibility index (Phi) is 4.45. The first-order valence-electron chi connectivity index (χ1n) is 14.6.